The summed E-state index contributed by atoms with van der Waals surface area (Å²) in [5, 5.41) is 11.5. The topological polar surface area (TPSA) is 53.4 Å². The number of anilines is 1. The van der Waals surface area contributed by atoms with Gasteiger partial charge in [-0.2, -0.15) is 0 Å². The first-order valence-corrected chi connectivity index (χ1v) is 7.40. The van der Waals surface area contributed by atoms with Gasteiger partial charge in [-0.3, -0.25) is 4.79 Å². The Balaban J connectivity index is 1.96. The summed E-state index contributed by atoms with van der Waals surface area (Å²) in [6.07, 6.45) is 4.61. The molecule has 0 atom stereocenters. The van der Waals surface area contributed by atoms with Crippen LogP contribution >= 0.6 is 0 Å². The van der Waals surface area contributed by atoms with Crippen molar-refractivity contribution < 1.29 is 9.90 Å². The molecule has 21 heavy (non-hydrogen) atoms. The molecular weight excluding hydrogens is 264 g/mol. The molecule has 0 saturated heterocycles. The molecule has 0 aliphatic heterocycles. The number of fused-ring (bicyclic) bond motifs is 1. The van der Waals surface area contributed by atoms with Gasteiger partial charge >= 0.3 is 0 Å². The number of hydrogen-bond donors (Lipinski definition) is 1. The van der Waals surface area contributed by atoms with Gasteiger partial charge in [-0.05, 0) is 25.0 Å². The van der Waals surface area contributed by atoms with Crippen LogP contribution in [0.15, 0.2) is 30.3 Å². The molecule has 0 bridgehead atoms. The van der Waals surface area contributed by atoms with Gasteiger partial charge in [-0.1, -0.05) is 31.0 Å². The smallest absolute Gasteiger partial charge is 0.153 e. The van der Waals surface area contributed by atoms with Crippen molar-refractivity contribution in [2.75, 3.05) is 18.5 Å². The van der Waals surface area contributed by atoms with Crippen molar-refractivity contribution in [2.24, 2.45) is 0 Å². The van der Waals surface area contributed by atoms with Gasteiger partial charge in [0.05, 0.1) is 16.7 Å². The molecule has 1 aliphatic carbocycles. The van der Waals surface area contributed by atoms with E-state index in [1.54, 1.807) is 0 Å². The Morgan fingerprint density at radius 2 is 2.05 bits per heavy atom. The largest absolute Gasteiger partial charge is 0.388 e. The zero-order valence-corrected chi connectivity index (χ0v) is 12.2. The quantitative estimate of drug-likeness (QED) is 0.877. The van der Waals surface area contributed by atoms with Crippen molar-refractivity contribution in [3.05, 3.63) is 35.9 Å². The average Bonchev–Trinajstić information content (AvgIpc) is 2.92. The van der Waals surface area contributed by atoms with E-state index in [0.717, 1.165) is 42.9 Å². The zero-order valence-electron chi connectivity index (χ0n) is 12.2. The Morgan fingerprint density at radius 3 is 2.76 bits per heavy atom. The second-order valence-electron chi connectivity index (χ2n) is 6.00. The third-order valence-corrected chi connectivity index (χ3v) is 4.29. The number of para-hydroxylation sites is 1. The summed E-state index contributed by atoms with van der Waals surface area (Å²) < 4.78 is 0. The van der Waals surface area contributed by atoms with Crippen LogP contribution in [-0.2, 0) is 0 Å². The second-order valence-corrected chi connectivity index (χ2v) is 6.00. The molecule has 110 valence electrons. The molecule has 3 rings (SSSR count). The number of carbonyl (C=O) groups is 1. The van der Waals surface area contributed by atoms with Gasteiger partial charge in [0, 0.05) is 19.0 Å². The maximum absolute atomic E-state index is 11.4. The molecule has 2 aromatic rings. The van der Waals surface area contributed by atoms with E-state index in [9.17, 15) is 9.90 Å². The van der Waals surface area contributed by atoms with E-state index in [1.807, 2.05) is 42.3 Å². The van der Waals surface area contributed by atoms with Gasteiger partial charge in [-0.25, -0.2) is 4.98 Å². The number of pyridine rings is 1. The minimum absolute atomic E-state index is 0.513. The molecule has 1 heterocycles. The van der Waals surface area contributed by atoms with Crippen LogP contribution in [0.1, 0.15) is 36.0 Å². The van der Waals surface area contributed by atoms with E-state index in [1.165, 1.54) is 0 Å². The van der Waals surface area contributed by atoms with Crippen molar-refractivity contribution in [3.63, 3.8) is 0 Å². The van der Waals surface area contributed by atoms with Crippen LogP contribution in [0.5, 0.6) is 0 Å². The van der Waals surface area contributed by atoms with E-state index < -0.39 is 5.60 Å². The molecule has 1 fully saturated rings. The SMILES string of the molecule is CN(CC1(O)CCCC1)c1nc2ccccc2cc1C=O. The highest BCUT2D eigenvalue weighted by atomic mass is 16.3. The fourth-order valence-electron chi connectivity index (χ4n) is 3.22. The van der Waals surface area contributed by atoms with E-state index in [-0.39, 0.29) is 0 Å². The predicted molar refractivity (Wildman–Crippen MR) is 83.8 cm³/mol. The Bertz CT molecular complexity index is 663. The molecule has 0 amide bonds. The lowest BCUT2D eigenvalue weighted by molar-refractivity contribution is 0.0557. The van der Waals surface area contributed by atoms with Crippen LogP contribution in [0.4, 0.5) is 5.82 Å². The molecule has 1 saturated carbocycles. The van der Waals surface area contributed by atoms with Crippen LogP contribution in [0.3, 0.4) is 0 Å². The van der Waals surface area contributed by atoms with Crippen LogP contribution in [0.2, 0.25) is 0 Å². The lowest BCUT2D eigenvalue weighted by atomic mass is 10.0. The van der Waals surface area contributed by atoms with Gasteiger partial charge in [0.15, 0.2) is 6.29 Å². The monoisotopic (exact) mass is 284 g/mol. The summed E-state index contributed by atoms with van der Waals surface area (Å²) in [6.45, 7) is 0.513. The summed E-state index contributed by atoms with van der Waals surface area (Å²) in [7, 11) is 1.89. The lowest BCUT2D eigenvalue weighted by Gasteiger charge is -2.30. The fraction of sp³-hybridized carbons (Fsp3) is 0.412. The number of carbonyl (C=O) groups excluding carboxylic acids is 1. The summed E-state index contributed by atoms with van der Waals surface area (Å²) in [5.41, 5.74) is 0.781. The number of likely N-dealkylation sites (N-methyl/N-ethyl adjacent to an activating group) is 1. The van der Waals surface area contributed by atoms with Gasteiger partial charge in [0.1, 0.15) is 5.82 Å². The highest BCUT2D eigenvalue weighted by Crippen LogP contribution is 2.31. The highest BCUT2D eigenvalue weighted by molar-refractivity contribution is 5.91. The molecular formula is C17H20N2O2. The van der Waals surface area contributed by atoms with Gasteiger partial charge in [-0.15, -0.1) is 0 Å². The second kappa shape index (κ2) is 5.45. The number of aliphatic hydroxyl groups is 1. The van der Waals surface area contributed by atoms with Gasteiger partial charge < -0.3 is 10.0 Å². The molecule has 1 aromatic carbocycles. The average molecular weight is 284 g/mol. The van der Waals surface area contributed by atoms with E-state index in [4.69, 9.17) is 0 Å². The summed E-state index contributed by atoms with van der Waals surface area (Å²) in [6, 6.07) is 9.61. The molecule has 1 N–H and O–H groups in total. The van der Waals surface area contributed by atoms with E-state index in [0.29, 0.717) is 17.9 Å². The maximum Gasteiger partial charge on any atom is 0.153 e. The lowest BCUT2D eigenvalue weighted by Crippen LogP contribution is -2.39. The molecule has 0 unspecified atom stereocenters. The third kappa shape index (κ3) is 2.76. The Morgan fingerprint density at radius 1 is 1.33 bits per heavy atom. The van der Waals surface area contributed by atoms with E-state index in [2.05, 4.69) is 4.98 Å². The number of rotatable bonds is 4. The maximum atomic E-state index is 11.4. The highest BCUT2D eigenvalue weighted by Gasteiger charge is 2.33. The Labute approximate surface area is 124 Å². The third-order valence-electron chi connectivity index (χ3n) is 4.29. The van der Waals surface area contributed by atoms with Crippen molar-refractivity contribution >= 4 is 23.0 Å². The molecule has 4 heteroatoms. The molecule has 0 radical (unpaired) electrons. The van der Waals surface area contributed by atoms with Crippen molar-refractivity contribution in [2.45, 2.75) is 31.3 Å². The first-order valence-electron chi connectivity index (χ1n) is 7.40. The van der Waals surface area contributed by atoms with Crippen LogP contribution in [0.25, 0.3) is 10.9 Å². The molecule has 0 spiro atoms. The number of nitrogens with zero attached hydrogens (tertiary/aromatic N) is 2. The normalized spacial score (nSPS) is 17.0. The first kappa shape index (κ1) is 14.0. The van der Waals surface area contributed by atoms with Crippen molar-refractivity contribution in [1.82, 2.24) is 4.98 Å². The zero-order chi connectivity index (χ0) is 14.9. The minimum atomic E-state index is -0.651. The van der Waals surface area contributed by atoms with Gasteiger partial charge in [0.25, 0.3) is 0 Å². The van der Waals surface area contributed by atoms with Crippen LogP contribution in [-0.4, -0.2) is 35.6 Å². The van der Waals surface area contributed by atoms with Crippen LogP contribution < -0.4 is 4.90 Å². The van der Waals surface area contributed by atoms with Crippen LogP contribution in [0, 0.1) is 0 Å². The summed E-state index contributed by atoms with van der Waals surface area (Å²) in [4.78, 5) is 17.9. The fourth-order valence-corrected chi connectivity index (χ4v) is 3.22. The van der Waals surface area contributed by atoms with Crippen molar-refractivity contribution in [1.29, 1.82) is 0 Å². The first-order chi connectivity index (χ1) is 10.1. The molecule has 1 aromatic heterocycles. The Hall–Kier alpha value is -1.94. The van der Waals surface area contributed by atoms with Gasteiger partial charge in [0.2, 0.25) is 0 Å². The van der Waals surface area contributed by atoms with Crippen molar-refractivity contribution in [3.8, 4) is 0 Å². The number of aldehydes is 1. The summed E-state index contributed by atoms with van der Waals surface area (Å²) >= 11 is 0. The Kier molecular flexibility index (Phi) is 3.64. The number of benzene rings is 1. The molecule has 1 aliphatic rings. The summed E-state index contributed by atoms with van der Waals surface area (Å²) in [5.74, 6) is 0.643. The van der Waals surface area contributed by atoms with E-state index >= 15 is 0 Å². The standard InChI is InChI=1S/C17H20N2O2/c1-19(12-17(21)8-4-5-9-17)16-14(11-20)10-13-6-2-3-7-15(13)18-16/h2-3,6-7,10-11,21H,4-5,8-9,12H2,1H3. The molecule has 4 nitrogen and oxygen atoms in total. The predicted octanol–water partition coefficient (Wildman–Crippen LogP) is 2.79. The minimum Gasteiger partial charge on any atom is -0.388 e. The number of hydrogen-bond acceptors (Lipinski definition) is 4. The number of aromatic nitrogens is 1.